The van der Waals surface area contributed by atoms with Crippen LogP contribution in [0, 0.1) is 10.1 Å². The van der Waals surface area contributed by atoms with E-state index >= 15 is 0 Å². The number of fused-ring (bicyclic) bond motifs is 1. The van der Waals surface area contributed by atoms with Crippen molar-refractivity contribution in [2.45, 2.75) is 30.6 Å². The number of nitro groups is 1. The Morgan fingerprint density at radius 3 is 2.76 bits per heavy atom. The number of nitro benzene ring substituents is 1. The predicted octanol–water partition coefficient (Wildman–Crippen LogP) is 4.57. The first-order valence-electron chi connectivity index (χ1n) is 9.73. The molecule has 2 aliphatic heterocycles. The summed E-state index contributed by atoms with van der Waals surface area (Å²) in [5, 5.41) is 14.8. The Kier molecular flexibility index (Phi) is 7.40. The Balaban J connectivity index is 0.00000240. The van der Waals surface area contributed by atoms with Crippen LogP contribution in [0.5, 0.6) is 5.75 Å². The third-order valence-electron chi connectivity index (χ3n) is 5.61. The lowest BCUT2D eigenvalue weighted by molar-refractivity contribution is -0.384. The van der Waals surface area contributed by atoms with E-state index in [-0.39, 0.29) is 28.9 Å². The molecule has 1 fully saturated rings. The van der Waals surface area contributed by atoms with E-state index in [1.54, 1.807) is 12.1 Å². The van der Waals surface area contributed by atoms with Crippen molar-refractivity contribution in [1.82, 2.24) is 9.62 Å². The Morgan fingerprint density at radius 2 is 2.00 bits per heavy atom. The molecule has 2 aromatic rings. The van der Waals surface area contributed by atoms with E-state index in [1.165, 1.54) is 5.56 Å². The third-order valence-corrected chi connectivity index (χ3v) is 7.07. The molecule has 2 aliphatic rings. The van der Waals surface area contributed by atoms with Crippen molar-refractivity contribution in [1.29, 1.82) is 0 Å². The van der Waals surface area contributed by atoms with Gasteiger partial charge in [-0.05, 0) is 24.0 Å². The van der Waals surface area contributed by atoms with Crippen LogP contribution in [-0.2, 0) is 0 Å². The first kappa shape index (κ1) is 21.9. The van der Waals surface area contributed by atoms with Gasteiger partial charge in [-0.1, -0.05) is 49.2 Å². The number of para-hydroxylation sites is 1. The molecule has 0 aliphatic carbocycles. The zero-order valence-corrected chi connectivity index (χ0v) is 18.0. The smallest absolute Gasteiger partial charge is 0.269 e. The maximum atomic E-state index is 10.9. The van der Waals surface area contributed by atoms with Gasteiger partial charge in [-0.15, -0.1) is 12.4 Å². The van der Waals surface area contributed by atoms with Crippen LogP contribution < -0.4 is 10.1 Å². The second-order valence-corrected chi connectivity index (χ2v) is 8.57. The van der Waals surface area contributed by atoms with Crippen LogP contribution in [0.4, 0.5) is 5.69 Å². The lowest BCUT2D eigenvalue weighted by Gasteiger charge is -2.41. The molecule has 0 bridgehead atoms. The zero-order valence-electron chi connectivity index (χ0n) is 16.3. The number of ether oxygens (including phenoxy) is 1. The van der Waals surface area contributed by atoms with Crippen molar-refractivity contribution < 1.29 is 9.66 Å². The molecule has 8 heteroatoms. The highest BCUT2D eigenvalue weighted by Crippen LogP contribution is 2.44. The maximum Gasteiger partial charge on any atom is 0.269 e. The molecular formula is C21H26ClN3O3S. The average Bonchev–Trinajstić information content (AvgIpc) is 2.74. The van der Waals surface area contributed by atoms with Crippen LogP contribution in [-0.4, -0.2) is 41.5 Å². The molecule has 4 rings (SSSR count). The molecule has 0 saturated carbocycles. The summed E-state index contributed by atoms with van der Waals surface area (Å²) in [5.74, 6) is 1.28. The van der Waals surface area contributed by atoms with Gasteiger partial charge in [0.1, 0.15) is 5.75 Å². The molecule has 0 radical (unpaired) electrons. The summed E-state index contributed by atoms with van der Waals surface area (Å²) in [4.78, 5) is 10.6. The van der Waals surface area contributed by atoms with Crippen molar-refractivity contribution in [3.05, 3.63) is 69.8 Å². The normalized spacial score (nSPS) is 22.7. The minimum atomic E-state index is -0.346. The summed E-state index contributed by atoms with van der Waals surface area (Å²) >= 11 is 1.93. The third kappa shape index (κ3) is 4.86. The molecule has 1 saturated heterocycles. The minimum Gasteiger partial charge on any atom is -0.493 e. The molecule has 2 aromatic carbocycles. The Bertz CT molecular complexity index is 836. The molecule has 6 nitrogen and oxygen atoms in total. The lowest BCUT2D eigenvalue weighted by atomic mass is 9.92. The SMILES string of the molecule is CC(c1ccc([N+](=O)[O-])cc1)C1CNCCN1SC1CCOc2ccccc21.Cl. The van der Waals surface area contributed by atoms with E-state index in [0.717, 1.165) is 44.0 Å². The van der Waals surface area contributed by atoms with Gasteiger partial charge in [0.15, 0.2) is 0 Å². The fraction of sp³-hybridized carbons (Fsp3) is 0.429. The predicted molar refractivity (Wildman–Crippen MR) is 119 cm³/mol. The monoisotopic (exact) mass is 435 g/mol. The second-order valence-electron chi connectivity index (χ2n) is 7.32. The number of halogens is 1. The van der Waals surface area contributed by atoms with Crippen LogP contribution in [0.3, 0.4) is 0 Å². The van der Waals surface area contributed by atoms with Gasteiger partial charge in [0.25, 0.3) is 5.69 Å². The fourth-order valence-electron chi connectivity index (χ4n) is 3.97. The van der Waals surface area contributed by atoms with Gasteiger partial charge >= 0.3 is 0 Å². The summed E-state index contributed by atoms with van der Waals surface area (Å²) in [5.41, 5.74) is 2.55. The van der Waals surface area contributed by atoms with E-state index < -0.39 is 0 Å². The Morgan fingerprint density at radius 1 is 1.24 bits per heavy atom. The molecule has 0 aromatic heterocycles. The van der Waals surface area contributed by atoms with Gasteiger partial charge in [0, 0.05) is 43.4 Å². The molecule has 3 unspecified atom stereocenters. The van der Waals surface area contributed by atoms with Crippen molar-refractivity contribution >= 4 is 30.0 Å². The van der Waals surface area contributed by atoms with Crippen LogP contribution >= 0.6 is 24.4 Å². The number of rotatable bonds is 5. The second kappa shape index (κ2) is 9.80. The van der Waals surface area contributed by atoms with E-state index in [4.69, 9.17) is 4.74 Å². The average molecular weight is 436 g/mol. The van der Waals surface area contributed by atoms with Gasteiger partial charge in [0.2, 0.25) is 0 Å². The number of piperazine rings is 1. The summed E-state index contributed by atoms with van der Waals surface area (Å²) in [6, 6.07) is 15.7. The molecular weight excluding hydrogens is 410 g/mol. The van der Waals surface area contributed by atoms with E-state index in [0.29, 0.717) is 11.3 Å². The van der Waals surface area contributed by atoms with Gasteiger partial charge < -0.3 is 10.1 Å². The van der Waals surface area contributed by atoms with Crippen molar-refractivity contribution in [2.75, 3.05) is 26.2 Å². The summed E-state index contributed by atoms with van der Waals surface area (Å²) in [6.45, 7) is 5.83. The Hall–Kier alpha value is -1.80. The molecule has 0 amide bonds. The summed E-state index contributed by atoms with van der Waals surface area (Å²) in [6.07, 6.45) is 1.00. The molecule has 156 valence electrons. The highest BCUT2D eigenvalue weighted by atomic mass is 35.5. The molecule has 1 N–H and O–H groups in total. The van der Waals surface area contributed by atoms with E-state index in [2.05, 4.69) is 34.7 Å². The number of nitrogens with one attached hydrogen (secondary N) is 1. The molecule has 29 heavy (non-hydrogen) atoms. The largest absolute Gasteiger partial charge is 0.493 e. The number of hydrogen-bond donors (Lipinski definition) is 1. The zero-order chi connectivity index (χ0) is 19.5. The van der Waals surface area contributed by atoms with Crippen LogP contribution in [0.2, 0.25) is 0 Å². The van der Waals surface area contributed by atoms with Crippen LogP contribution in [0.15, 0.2) is 48.5 Å². The first-order valence-corrected chi connectivity index (χ1v) is 10.6. The number of benzene rings is 2. The van der Waals surface area contributed by atoms with Crippen LogP contribution in [0.1, 0.15) is 35.6 Å². The number of non-ortho nitro benzene ring substituents is 1. The highest BCUT2D eigenvalue weighted by Gasteiger charge is 2.32. The fourth-order valence-corrected chi connectivity index (χ4v) is 5.41. The van der Waals surface area contributed by atoms with Gasteiger partial charge in [-0.3, -0.25) is 10.1 Å². The van der Waals surface area contributed by atoms with Gasteiger partial charge in [-0.2, -0.15) is 0 Å². The maximum absolute atomic E-state index is 10.9. The summed E-state index contributed by atoms with van der Waals surface area (Å²) < 4.78 is 8.33. The topological polar surface area (TPSA) is 67.6 Å². The standard InChI is InChI=1S/C21H25N3O3S.ClH/c1-15(16-6-8-17(9-7-16)24(25)26)19-14-22-11-12-23(19)28-21-10-13-27-20-5-3-2-4-18(20)21;/h2-9,15,19,21-22H,10-14H2,1H3;1H. The van der Waals surface area contributed by atoms with Gasteiger partial charge in [-0.25, -0.2) is 4.31 Å². The lowest BCUT2D eigenvalue weighted by Crippen LogP contribution is -2.50. The van der Waals surface area contributed by atoms with E-state index in [1.807, 2.05) is 30.1 Å². The van der Waals surface area contributed by atoms with Gasteiger partial charge in [0.05, 0.1) is 16.8 Å². The minimum absolute atomic E-state index is 0. The first-order chi connectivity index (χ1) is 13.6. The molecule has 0 spiro atoms. The highest BCUT2D eigenvalue weighted by molar-refractivity contribution is 7.97. The number of nitrogens with zero attached hydrogens (tertiary/aromatic N) is 2. The molecule has 3 atom stereocenters. The molecule has 2 heterocycles. The van der Waals surface area contributed by atoms with E-state index in [9.17, 15) is 10.1 Å². The number of hydrogen-bond acceptors (Lipinski definition) is 6. The van der Waals surface area contributed by atoms with Crippen molar-refractivity contribution in [3.8, 4) is 5.75 Å². The quantitative estimate of drug-likeness (QED) is 0.421. The van der Waals surface area contributed by atoms with Crippen molar-refractivity contribution in [2.24, 2.45) is 0 Å². The summed E-state index contributed by atoms with van der Waals surface area (Å²) in [7, 11) is 0. The van der Waals surface area contributed by atoms with Crippen LogP contribution in [0.25, 0.3) is 0 Å². The van der Waals surface area contributed by atoms with Crippen molar-refractivity contribution in [3.63, 3.8) is 0 Å². The Labute approximate surface area is 181 Å².